The van der Waals surface area contributed by atoms with Crippen LogP contribution in [-0.2, 0) is 4.74 Å². The molecule has 0 bridgehead atoms. The van der Waals surface area contributed by atoms with E-state index in [0.717, 1.165) is 16.4 Å². The molecule has 0 aliphatic carbocycles. The van der Waals surface area contributed by atoms with Gasteiger partial charge in [-0.2, -0.15) is 0 Å². The summed E-state index contributed by atoms with van der Waals surface area (Å²) in [7, 11) is 1.60. The zero-order valence-corrected chi connectivity index (χ0v) is 10.5. The summed E-state index contributed by atoms with van der Waals surface area (Å²) in [4.78, 5) is 1.08. The molecule has 0 fully saturated rings. The highest BCUT2D eigenvalue weighted by Gasteiger charge is 2.06. The lowest BCUT2D eigenvalue weighted by molar-refractivity contribution is 0.0491. The molecule has 1 aromatic carbocycles. The average molecular weight is 242 g/mol. The van der Waals surface area contributed by atoms with Crippen LogP contribution in [0.15, 0.2) is 29.2 Å². The first-order chi connectivity index (χ1) is 7.77. The molecule has 0 aliphatic rings. The fraction of sp³-hybridized carbons (Fsp3) is 0.500. The van der Waals surface area contributed by atoms with Crippen LogP contribution in [-0.4, -0.2) is 31.4 Å². The van der Waals surface area contributed by atoms with Crippen molar-refractivity contribution in [3.05, 3.63) is 24.3 Å². The maximum Gasteiger partial charge on any atom is 0.188 e. The van der Waals surface area contributed by atoms with E-state index in [-0.39, 0.29) is 13.4 Å². The largest absolute Gasteiger partial charge is 0.466 e. The Morgan fingerprint density at radius 1 is 1.38 bits per heavy atom. The van der Waals surface area contributed by atoms with E-state index in [9.17, 15) is 0 Å². The van der Waals surface area contributed by atoms with E-state index in [1.807, 2.05) is 31.2 Å². The number of thioether (sulfide) groups is 1. The van der Waals surface area contributed by atoms with Gasteiger partial charge in [0.15, 0.2) is 6.79 Å². The van der Waals surface area contributed by atoms with E-state index in [1.165, 1.54) is 0 Å². The number of aliphatic hydroxyl groups is 1. The van der Waals surface area contributed by atoms with Crippen LogP contribution in [0.25, 0.3) is 0 Å². The summed E-state index contributed by atoms with van der Waals surface area (Å²) in [6.45, 7) is 2.49. The molecule has 4 heteroatoms. The van der Waals surface area contributed by atoms with Gasteiger partial charge in [-0.1, -0.05) is 19.1 Å². The van der Waals surface area contributed by atoms with Gasteiger partial charge >= 0.3 is 0 Å². The van der Waals surface area contributed by atoms with Crippen LogP contribution in [0.3, 0.4) is 0 Å². The van der Waals surface area contributed by atoms with E-state index in [2.05, 4.69) is 0 Å². The molecule has 0 aliphatic heterocycles. The molecule has 1 rings (SSSR count). The highest BCUT2D eigenvalue weighted by atomic mass is 32.2. The first-order valence-corrected chi connectivity index (χ1v) is 6.21. The molecule has 90 valence electrons. The normalized spacial score (nSPS) is 12.4. The summed E-state index contributed by atoms with van der Waals surface area (Å²) >= 11 is 1.69. The van der Waals surface area contributed by atoms with Crippen molar-refractivity contribution in [3.8, 4) is 5.75 Å². The van der Waals surface area contributed by atoms with Crippen LogP contribution in [0.1, 0.15) is 6.92 Å². The standard InChI is InChI=1S/C12H18O3S/c1-10(7-13)8-16-12-6-4-3-5-11(12)15-9-14-2/h3-6,10,13H,7-9H2,1-2H3. The maximum atomic E-state index is 8.96. The van der Waals surface area contributed by atoms with E-state index in [0.29, 0.717) is 5.92 Å². The number of aliphatic hydroxyl groups excluding tert-OH is 1. The van der Waals surface area contributed by atoms with Crippen LogP contribution in [0, 0.1) is 5.92 Å². The van der Waals surface area contributed by atoms with Crippen molar-refractivity contribution in [3.63, 3.8) is 0 Å². The van der Waals surface area contributed by atoms with Crippen LogP contribution < -0.4 is 4.74 Å². The predicted octanol–water partition coefficient (Wildman–Crippen LogP) is 2.39. The van der Waals surface area contributed by atoms with Crippen LogP contribution >= 0.6 is 11.8 Å². The Morgan fingerprint density at radius 3 is 2.81 bits per heavy atom. The number of benzene rings is 1. The van der Waals surface area contributed by atoms with Crippen molar-refractivity contribution in [2.24, 2.45) is 5.92 Å². The molecule has 1 aromatic rings. The Morgan fingerprint density at radius 2 is 2.12 bits per heavy atom. The van der Waals surface area contributed by atoms with Crippen molar-refractivity contribution < 1.29 is 14.6 Å². The van der Waals surface area contributed by atoms with Gasteiger partial charge in [-0.3, -0.25) is 0 Å². The summed E-state index contributed by atoms with van der Waals surface area (Å²) in [6.07, 6.45) is 0. The SMILES string of the molecule is COCOc1ccccc1SCC(C)CO. The molecular weight excluding hydrogens is 224 g/mol. The van der Waals surface area contributed by atoms with Crippen LogP contribution in [0.2, 0.25) is 0 Å². The molecule has 0 heterocycles. The van der Waals surface area contributed by atoms with Gasteiger partial charge in [0, 0.05) is 24.4 Å². The van der Waals surface area contributed by atoms with Crippen molar-refractivity contribution in [2.45, 2.75) is 11.8 Å². The highest BCUT2D eigenvalue weighted by Crippen LogP contribution is 2.30. The van der Waals surface area contributed by atoms with E-state index < -0.39 is 0 Å². The van der Waals surface area contributed by atoms with Crippen molar-refractivity contribution in [1.82, 2.24) is 0 Å². The number of hydrogen-bond acceptors (Lipinski definition) is 4. The molecule has 16 heavy (non-hydrogen) atoms. The lowest BCUT2D eigenvalue weighted by Crippen LogP contribution is -2.04. The lowest BCUT2D eigenvalue weighted by atomic mass is 10.2. The molecular formula is C12H18O3S. The second-order valence-corrected chi connectivity index (χ2v) is 4.66. The third-order valence-electron chi connectivity index (χ3n) is 2.02. The summed E-state index contributed by atoms with van der Waals surface area (Å²) in [5, 5.41) is 8.96. The van der Waals surface area contributed by atoms with E-state index in [1.54, 1.807) is 18.9 Å². The first-order valence-electron chi connectivity index (χ1n) is 5.22. The van der Waals surface area contributed by atoms with Crippen LogP contribution in [0.4, 0.5) is 0 Å². The number of rotatable bonds is 7. The van der Waals surface area contributed by atoms with Gasteiger partial charge in [0.2, 0.25) is 0 Å². The fourth-order valence-corrected chi connectivity index (χ4v) is 2.11. The molecule has 1 atom stereocenters. The van der Waals surface area contributed by atoms with Crippen LogP contribution in [0.5, 0.6) is 5.75 Å². The number of ether oxygens (including phenoxy) is 2. The molecule has 0 aromatic heterocycles. The first kappa shape index (κ1) is 13.4. The summed E-state index contributed by atoms with van der Waals surface area (Å²) in [5.41, 5.74) is 0. The Hall–Kier alpha value is -0.710. The Balaban J connectivity index is 2.56. The van der Waals surface area contributed by atoms with Gasteiger partial charge in [-0.25, -0.2) is 0 Å². The minimum atomic E-state index is 0.216. The second kappa shape index (κ2) is 7.54. The molecule has 0 spiro atoms. The third-order valence-corrected chi connectivity index (χ3v) is 3.40. The average Bonchev–Trinajstić information content (AvgIpc) is 2.34. The number of methoxy groups -OCH3 is 1. The number of para-hydroxylation sites is 1. The zero-order chi connectivity index (χ0) is 11.8. The van der Waals surface area contributed by atoms with Crippen molar-refractivity contribution in [2.75, 3.05) is 26.3 Å². The van der Waals surface area contributed by atoms with Gasteiger partial charge in [0.25, 0.3) is 0 Å². The number of hydrogen-bond donors (Lipinski definition) is 1. The van der Waals surface area contributed by atoms with Gasteiger partial charge in [-0.15, -0.1) is 11.8 Å². The monoisotopic (exact) mass is 242 g/mol. The fourth-order valence-electron chi connectivity index (χ4n) is 1.10. The van der Waals surface area contributed by atoms with Gasteiger partial charge in [0.1, 0.15) is 5.75 Å². The highest BCUT2D eigenvalue weighted by molar-refractivity contribution is 7.99. The van der Waals surface area contributed by atoms with Gasteiger partial charge in [0.05, 0.1) is 0 Å². The quantitative estimate of drug-likeness (QED) is 0.588. The van der Waals surface area contributed by atoms with Crippen molar-refractivity contribution in [1.29, 1.82) is 0 Å². The maximum absolute atomic E-state index is 8.96. The predicted molar refractivity (Wildman–Crippen MR) is 65.9 cm³/mol. The summed E-state index contributed by atoms with van der Waals surface area (Å²) in [5.74, 6) is 2.00. The summed E-state index contributed by atoms with van der Waals surface area (Å²) in [6, 6.07) is 7.85. The lowest BCUT2D eigenvalue weighted by Gasteiger charge is -2.11. The molecule has 1 unspecified atom stereocenters. The molecule has 0 radical (unpaired) electrons. The van der Waals surface area contributed by atoms with E-state index in [4.69, 9.17) is 14.6 Å². The molecule has 0 saturated heterocycles. The molecule has 0 amide bonds. The third kappa shape index (κ3) is 4.43. The molecule has 0 saturated carbocycles. The van der Waals surface area contributed by atoms with Crippen molar-refractivity contribution >= 4 is 11.8 Å². The van der Waals surface area contributed by atoms with Gasteiger partial charge in [-0.05, 0) is 18.1 Å². The van der Waals surface area contributed by atoms with Gasteiger partial charge < -0.3 is 14.6 Å². The molecule has 3 nitrogen and oxygen atoms in total. The molecule has 1 N–H and O–H groups in total. The Bertz CT molecular complexity index is 304. The topological polar surface area (TPSA) is 38.7 Å². The minimum Gasteiger partial charge on any atom is -0.466 e. The minimum absolute atomic E-state index is 0.216. The Labute approximate surface area is 101 Å². The van der Waals surface area contributed by atoms with E-state index >= 15 is 0 Å². The Kier molecular flexibility index (Phi) is 6.30. The second-order valence-electron chi connectivity index (χ2n) is 3.60. The smallest absolute Gasteiger partial charge is 0.188 e. The zero-order valence-electron chi connectivity index (χ0n) is 9.68. The summed E-state index contributed by atoms with van der Waals surface area (Å²) < 4.78 is 10.3.